The summed E-state index contributed by atoms with van der Waals surface area (Å²) in [7, 11) is 0. The molecule has 2 fully saturated rings. The highest BCUT2D eigenvalue weighted by Crippen LogP contribution is 2.45. The lowest BCUT2D eigenvalue weighted by atomic mass is 9.65. The van der Waals surface area contributed by atoms with Gasteiger partial charge < -0.3 is 0 Å². The lowest BCUT2D eigenvalue weighted by molar-refractivity contribution is 0.126. The normalized spacial score (nSPS) is 35.8. The molecule has 0 heterocycles. The molecule has 0 heteroatoms. The summed E-state index contributed by atoms with van der Waals surface area (Å²) in [5.41, 5.74) is 1.44. The van der Waals surface area contributed by atoms with Gasteiger partial charge in [-0.2, -0.15) is 0 Å². The van der Waals surface area contributed by atoms with Gasteiger partial charge in [0.15, 0.2) is 0 Å². The first-order valence-corrected chi connectivity index (χ1v) is 7.87. The Labute approximate surface area is 108 Å². The second kappa shape index (κ2) is 6.07. The minimum atomic E-state index is 0.833. The molecule has 0 saturated heterocycles. The Hall–Kier alpha value is -0.260. The molecule has 2 aliphatic rings. The molecule has 0 nitrogen and oxygen atoms in total. The molecule has 0 aromatic carbocycles. The van der Waals surface area contributed by atoms with Crippen molar-refractivity contribution in [2.45, 2.75) is 71.6 Å². The predicted molar refractivity (Wildman–Crippen MR) is 76.0 cm³/mol. The SMILES string of the molecule is C=C(C)C1CCC(C2CCCCC2)CC1CC. The lowest BCUT2D eigenvalue weighted by Crippen LogP contribution is -2.30. The molecule has 0 bridgehead atoms. The molecular formula is C17H30. The number of hydrogen-bond acceptors (Lipinski definition) is 0. The Kier molecular flexibility index (Phi) is 4.70. The highest BCUT2D eigenvalue weighted by molar-refractivity contribution is 5.01. The van der Waals surface area contributed by atoms with Gasteiger partial charge in [-0.15, -0.1) is 0 Å². The van der Waals surface area contributed by atoms with E-state index < -0.39 is 0 Å². The summed E-state index contributed by atoms with van der Waals surface area (Å²) in [6.07, 6.45) is 13.3. The quantitative estimate of drug-likeness (QED) is 0.559. The van der Waals surface area contributed by atoms with Gasteiger partial charge in [-0.1, -0.05) is 57.6 Å². The fraction of sp³-hybridized carbons (Fsp3) is 0.882. The highest BCUT2D eigenvalue weighted by Gasteiger charge is 2.33. The predicted octanol–water partition coefficient (Wildman–Crippen LogP) is 5.59. The standard InChI is InChI=1S/C17H30/c1-4-14-12-16(10-11-17(14)13(2)3)15-8-6-5-7-9-15/h14-17H,2,4-12H2,1,3H3. The Morgan fingerprint density at radius 2 is 1.71 bits per heavy atom. The molecule has 17 heavy (non-hydrogen) atoms. The van der Waals surface area contributed by atoms with Gasteiger partial charge in [0.05, 0.1) is 0 Å². The third-order valence-corrected chi connectivity index (χ3v) is 5.50. The van der Waals surface area contributed by atoms with Crippen molar-refractivity contribution in [3.8, 4) is 0 Å². The minimum absolute atomic E-state index is 0.833. The van der Waals surface area contributed by atoms with Gasteiger partial charge in [-0.05, 0) is 49.9 Å². The average Bonchev–Trinajstić information content (AvgIpc) is 2.39. The molecule has 2 aliphatic carbocycles. The first-order valence-electron chi connectivity index (χ1n) is 7.87. The average molecular weight is 234 g/mol. The van der Waals surface area contributed by atoms with Crippen molar-refractivity contribution in [1.82, 2.24) is 0 Å². The maximum Gasteiger partial charge on any atom is -0.0180 e. The van der Waals surface area contributed by atoms with Crippen molar-refractivity contribution in [1.29, 1.82) is 0 Å². The first kappa shape index (κ1) is 13.2. The van der Waals surface area contributed by atoms with Crippen molar-refractivity contribution < 1.29 is 0 Å². The van der Waals surface area contributed by atoms with Crippen LogP contribution in [0.25, 0.3) is 0 Å². The molecule has 0 radical (unpaired) electrons. The molecule has 0 aromatic heterocycles. The van der Waals surface area contributed by atoms with E-state index in [-0.39, 0.29) is 0 Å². The van der Waals surface area contributed by atoms with Gasteiger partial charge in [0.1, 0.15) is 0 Å². The smallest absolute Gasteiger partial charge is 0.0180 e. The maximum absolute atomic E-state index is 4.21. The van der Waals surface area contributed by atoms with Crippen molar-refractivity contribution in [3.63, 3.8) is 0 Å². The molecule has 3 unspecified atom stereocenters. The Bertz CT molecular complexity index is 247. The molecule has 0 aliphatic heterocycles. The summed E-state index contributed by atoms with van der Waals surface area (Å²) in [5.74, 6) is 3.90. The third kappa shape index (κ3) is 3.14. The molecule has 0 aromatic rings. The van der Waals surface area contributed by atoms with Gasteiger partial charge in [0.25, 0.3) is 0 Å². The zero-order chi connectivity index (χ0) is 12.3. The zero-order valence-corrected chi connectivity index (χ0v) is 11.9. The monoisotopic (exact) mass is 234 g/mol. The fourth-order valence-corrected chi connectivity index (χ4v) is 4.43. The molecule has 3 atom stereocenters. The van der Waals surface area contributed by atoms with E-state index in [9.17, 15) is 0 Å². The van der Waals surface area contributed by atoms with Gasteiger partial charge in [-0.3, -0.25) is 0 Å². The van der Waals surface area contributed by atoms with Gasteiger partial charge in [-0.25, -0.2) is 0 Å². The summed E-state index contributed by atoms with van der Waals surface area (Å²) in [6, 6.07) is 0. The van der Waals surface area contributed by atoms with E-state index in [0.717, 1.165) is 23.7 Å². The summed E-state index contributed by atoms with van der Waals surface area (Å²) < 4.78 is 0. The number of rotatable bonds is 3. The lowest BCUT2D eigenvalue weighted by Gasteiger charge is -2.41. The van der Waals surface area contributed by atoms with Crippen molar-refractivity contribution in [3.05, 3.63) is 12.2 Å². The summed E-state index contributed by atoms with van der Waals surface area (Å²) in [6.45, 7) is 8.84. The van der Waals surface area contributed by atoms with Crippen molar-refractivity contribution >= 4 is 0 Å². The Morgan fingerprint density at radius 3 is 2.29 bits per heavy atom. The Balaban J connectivity index is 1.92. The van der Waals surface area contributed by atoms with Crippen LogP contribution in [0.4, 0.5) is 0 Å². The molecular weight excluding hydrogens is 204 g/mol. The molecule has 0 spiro atoms. The van der Waals surface area contributed by atoms with Crippen LogP contribution in [0.3, 0.4) is 0 Å². The number of allylic oxidation sites excluding steroid dienone is 1. The van der Waals surface area contributed by atoms with Crippen molar-refractivity contribution in [2.75, 3.05) is 0 Å². The van der Waals surface area contributed by atoms with Crippen LogP contribution in [0.1, 0.15) is 71.6 Å². The van der Waals surface area contributed by atoms with Crippen LogP contribution in [-0.4, -0.2) is 0 Å². The van der Waals surface area contributed by atoms with E-state index in [1.807, 2.05) is 0 Å². The molecule has 2 saturated carbocycles. The van der Waals surface area contributed by atoms with Crippen LogP contribution >= 0.6 is 0 Å². The first-order chi connectivity index (χ1) is 8.22. The summed E-state index contributed by atoms with van der Waals surface area (Å²) >= 11 is 0. The fourth-order valence-electron chi connectivity index (χ4n) is 4.43. The van der Waals surface area contributed by atoms with Gasteiger partial charge in [0, 0.05) is 0 Å². The second-order valence-corrected chi connectivity index (χ2v) is 6.59. The minimum Gasteiger partial charge on any atom is -0.0999 e. The van der Waals surface area contributed by atoms with Crippen LogP contribution in [0.5, 0.6) is 0 Å². The molecule has 2 rings (SSSR count). The van der Waals surface area contributed by atoms with E-state index >= 15 is 0 Å². The van der Waals surface area contributed by atoms with Crippen LogP contribution in [0, 0.1) is 23.7 Å². The van der Waals surface area contributed by atoms with E-state index in [1.54, 1.807) is 0 Å². The van der Waals surface area contributed by atoms with E-state index in [1.165, 1.54) is 63.4 Å². The summed E-state index contributed by atoms with van der Waals surface area (Å²) in [5, 5.41) is 0. The van der Waals surface area contributed by atoms with E-state index in [2.05, 4.69) is 20.4 Å². The third-order valence-electron chi connectivity index (χ3n) is 5.50. The molecule has 0 N–H and O–H groups in total. The summed E-state index contributed by atoms with van der Waals surface area (Å²) in [4.78, 5) is 0. The zero-order valence-electron chi connectivity index (χ0n) is 11.9. The van der Waals surface area contributed by atoms with Crippen LogP contribution in [-0.2, 0) is 0 Å². The van der Waals surface area contributed by atoms with Crippen LogP contribution < -0.4 is 0 Å². The van der Waals surface area contributed by atoms with Gasteiger partial charge in [0.2, 0.25) is 0 Å². The van der Waals surface area contributed by atoms with Gasteiger partial charge >= 0.3 is 0 Å². The largest absolute Gasteiger partial charge is 0.0999 e. The second-order valence-electron chi connectivity index (χ2n) is 6.59. The van der Waals surface area contributed by atoms with Crippen molar-refractivity contribution in [2.24, 2.45) is 23.7 Å². The topological polar surface area (TPSA) is 0 Å². The van der Waals surface area contributed by atoms with E-state index in [0.29, 0.717) is 0 Å². The number of hydrogen-bond donors (Lipinski definition) is 0. The Morgan fingerprint density at radius 1 is 1.00 bits per heavy atom. The van der Waals surface area contributed by atoms with E-state index in [4.69, 9.17) is 0 Å². The molecule has 0 amide bonds. The maximum atomic E-state index is 4.21. The molecule has 98 valence electrons. The van der Waals surface area contributed by atoms with Crippen LogP contribution in [0.15, 0.2) is 12.2 Å². The van der Waals surface area contributed by atoms with Crippen LogP contribution in [0.2, 0.25) is 0 Å². The highest BCUT2D eigenvalue weighted by atomic mass is 14.4.